The third-order valence-corrected chi connectivity index (χ3v) is 4.20. The molecule has 1 unspecified atom stereocenters. The third-order valence-electron chi connectivity index (χ3n) is 4.20. The Hall–Kier alpha value is -1.22. The van der Waals surface area contributed by atoms with Gasteiger partial charge in [0.1, 0.15) is 0 Å². The Morgan fingerprint density at radius 1 is 1.16 bits per heavy atom. The van der Waals surface area contributed by atoms with Crippen molar-refractivity contribution in [1.82, 2.24) is 5.32 Å². The summed E-state index contributed by atoms with van der Waals surface area (Å²) in [7, 11) is 5.42. The number of aryl methyl sites for hydroxylation is 1. The molecule has 0 heterocycles. The van der Waals surface area contributed by atoms with E-state index in [4.69, 9.17) is 9.47 Å². The Bertz CT molecular complexity index is 454. The van der Waals surface area contributed by atoms with E-state index in [0.29, 0.717) is 11.5 Å². The summed E-state index contributed by atoms with van der Waals surface area (Å²) in [6.07, 6.45) is 3.44. The zero-order valence-corrected chi connectivity index (χ0v) is 12.7. The number of ether oxygens (including phenoxy) is 2. The van der Waals surface area contributed by atoms with Crippen LogP contribution in [0.25, 0.3) is 0 Å². The summed E-state index contributed by atoms with van der Waals surface area (Å²) >= 11 is 0. The number of hydrogen-bond acceptors (Lipinski definition) is 3. The van der Waals surface area contributed by atoms with E-state index in [-0.39, 0.29) is 0 Å². The molecule has 1 N–H and O–H groups in total. The maximum absolute atomic E-state index is 5.44. The lowest BCUT2D eigenvalue weighted by Crippen LogP contribution is -2.22. The standard InChI is InChI=1S/C16H25NO2/c1-16(2)7-6-11-8-14(18-4)15(19-5)9-12(11)13(10-16)17-3/h8-9,13,17H,6-7,10H2,1-5H3. The van der Waals surface area contributed by atoms with Crippen LogP contribution in [0.3, 0.4) is 0 Å². The van der Waals surface area contributed by atoms with E-state index in [1.54, 1.807) is 14.2 Å². The van der Waals surface area contributed by atoms with Crippen molar-refractivity contribution in [2.24, 2.45) is 5.41 Å². The molecule has 0 fully saturated rings. The van der Waals surface area contributed by atoms with Crippen molar-refractivity contribution < 1.29 is 9.47 Å². The molecule has 0 spiro atoms. The molecule has 1 aromatic rings. The van der Waals surface area contributed by atoms with Gasteiger partial charge in [0.15, 0.2) is 11.5 Å². The van der Waals surface area contributed by atoms with Crippen molar-refractivity contribution in [3.8, 4) is 11.5 Å². The van der Waals surface area contributed by atoms with Crippen LogP contribution in [0.2, 0.25) is 0 Å². The van der Waals surface area contributed by atoms with Crippen molar-refractivity contribution in [1.29, 1.82) is 0 Å². The molecule has 0 saturated heterocycles. The van der Waals surface area contributed by atoms with Gasteiger partial charge in [-0.2, -0.15) is 0 Å². The van der Waals surface area contributed by atoms with Gasteiger partial charge in [-0.25, -0.2) is 0 Å². The molecule has 1 aromatic carbocycles. The number of methoxy groups -OCH3 is 2. The highest BCUT2D eigenvalue weighted by Gasteiger charge is 2.29. The fourth-order valence-corrected chi connectivity index (χ4v) is 2.97. The zero-order valence-electron chi connectivity index (χ0n) is 12.7. The molecule has 3 nitrogen and oxygen atoms in total. The van der Waals surface area contributed by atoms with E-state index in [1.165, 1.54) is 17.5 Å². The summed E-state index contributed by atoms with van der Waals surface area (Å²) < 4.78 is 10.9. The number of fused-ring (bicyclic) bond motifs is 1. The van der Waals surface area contributed by atoms with Gasteiger partial charge in [0.25, 0.3) is 0 Å². The minimum atomic E-state index is 0.354. The molecule has 106 valence electrons. The maximum Gasteiger partial charge on any atom is 0.161 e. The minimum absolute atomic E-state index is 0.354. The first-order valence-electron chi connectivity index (χ1n) is 6.93. The summed E-state index contributed by atoms with van der Waals surface area (Å²) in [6, 6.07) is 4.66. The molecule has 0 aromatic heterocycles. The van der Waals surface area contributed by atoms with Crippen LogP contribution in [0.4, 0.5) is 0 Å². The lowest BCUT2D eigenvalue weighted by molar-refractivity contribution is 0.279. The number of nitrogens with one attached hydrogen (secondary N) is 1. The molecule has 0 aliphatic heterocycles. The lowest BCUT2D eigenvalue weighted by atomic mass is 9.83. The second-order valence-corrected chi connectivity index (χ2v) is 6.12. The minimum Gasteiger partial charge on any atom is -0.493 e. The van der Waals surface area contributed by atoms with Crippen LogP contribution in [0.15, 0.2) is 12.1 Å². The third kappa shape index (κ3) is 2.86. The summed E-state index contributed by atoms with van der Waals surface area (Å²) in [6.45, 7) is 4.69. The largest absolute Gasteiger partial charge is 0.493 e. The molecule has 0 bridgehead atoms. The Kier molecular flexibility index (Phi) is 4.04. The molecule has 0 radical (unpaired) electrons. The van der Waals surface area contributed by atoms with Gasteiger partial charge in [0.05, 0.1) is 14.2 Å². The predicted octanol–water partition coefficient (Wildman–Crippen LogP) is 3.33. The molecule has 1 atom stereocenters. The van der Waals surface area contributed by atoms with Crippen molar-refractivity contribution in [2.45, 2.75) is 39.2 Å². The van der Waals surface area contributed by atoms with Crippen LogP contribution >= 0.6 is 0 Å². The van der Waals surface area contributed by atoms with Crippen molar-refractivity contribution in [3.63, 3.8) is 0 Å². The van der Waals surface area contributed by atoms with Gasteiger partial charge >= 0.3 is 0 Å². The molecule has 0 saturated carbocycles. The first-order valence-corrected chi connectivity index (χ1v) is 6.93. The molecule has 1 aliphatic carbocycles. The topological polar surface area (TPSA) is 30.5 Å². The average molecular weight is 263 g/mol. The molecule has 1 aliphatic rings. The Morgan fingerprint density at radius 2 is 1.79 bits per heavy atom. The number of hydrogen-bond donors (Lipinski definition) is 1. The van der Waals surface area contributed by atoms with Gasteiger partial charge in [-0.3, -0.25) is 0 Å². The Morgan fingerprint density at radius 3 is 2.37 bits per heavy atom. The van der Waals surface area contributed by atoms with Crippen molar-refractivity contribution in [2.75, 3.05) is 21.3 Å². The fourth-order valence-electron chi connectivity index (χ4n) is 2.97. The maximum atomic E-state index is 5.44. The molecular weight excluding hydrogens is 238 g/mol. The number of rotatable bonds is 3. The van der Waals surface area contributed by atoms with E-state index >= 15 is 0 Å². The van der Waals surface area contributed by atoms with Crippen LogP contribution in [0.1, 0.15) is 43.9 Å². The molecule has 2 rings (SSSR count). The molecule has 0 amide bonds. The monoisotopic (exact) mass is 263 g/mol. The normalized spacial score (nSPS) is 21.4. The van der Waals surface area contributed by atoms with Gasteiger partial charge in [-0.15, -0.1) is 0 Å². The quantitative estimate of drug-likeness (QED) is 0.849. The van der Waals surface area contributed by atoms with Crippen LogP contribution in [-0.4, -0.2) is 21.3 Å². The summed E-state index contributed by atoms with van der Waals surface area (Å²) in [5.41, 5.74) is 3.08. The average Bonchev–Trinajstić information content (AvgIpc) is 2.53. The van der Waals surface area contributed by atoms with Crippen LogP contribution in [-0.2, 0) is 6.42 Å². The van der Waals surface area contributed by atoms with Crippen LogP contribution < -0.4 is 14.8 Å². The van der Waals surface area contributed by atoms with Gasteiger partial charge in [0, 0.05) is 6.04 Å². The van der Waals surface area contributed by atoms with E-state index in [1.807, 2.05) is 7.05 Å². The van der Waals surface area contributed by atoms with Gasteiger partial charge in [-0.05, 0) is 55.0 Å². The van der Waals surface area contributed by atoms with Crippen molar-refractivity contribution >= 4 is 0 Å². The first kappa shape index (κ1) is 14.2. The summed E-state index contributed by atoms with van der Waals surface area (Å²) in [5.74, 6) is 1.65. The van der Waals surface area contributed by atoms with Gasteiger partial charge < -0.3 is 14.8 Å². The van der Waals surface area contributed by atoms with E-state index < -0.39 is 0 Å². The Balaban J connectivity index is 2.48. The Labute approximate surface area is 116 Å². The highest BCUT2D eigenvalue weighted by Crippen LogP contribution is 2.42. The smallest absolute Gasteiger partial charge is 0.161 e. The second kappa shape index (κ2) is 5.41. The van der Waals surface area contributed by atoms with E-state index in [2.05, 4.69) is 31.3 Å². The zero-order chi connectivity index (χ0) is 14.0. The van der Waals surface area contributed by atoms with Gasteiger partial charge in [-0.1, -0.05) is 13.8 Å². The van der Waals surface area contributed by atoms with E-state index in [9.17, 15) is 0 Å². The van der Waals surface area contributed by atoms with Crippen LogP contribution in [0.5, 0.6) is 11.5 Å². The SMILES string of the molecule is CNC1CC(C)(C)CCc2cc(OC)c(OC)cc21. The highest BCUT2D eigenvalue weighted by molar-refractivity contribution is 5.49. The first-order chi connectivity index (χ1) is 9.00. The van der Waals surface area contributed by atoms with Crippen molar-refractivity contribution in [3.05, 3.63) is 23.3 Å². The predicted molar refractivity (Wildman–Crippen MR) is 78.1 cm³/mol. The summed E-state index contributed by atoms with van der Waals surface area (Å²) in [5, 5.41) is 3.45. The second-order valence-electron chi connectivity index (χ2n) is 6.12. The molecule has 3 heteroatoms. The van der Waals surface area contributed by atoms with Crippen LogP contribution in [0, 0.1) is 5.41 Å². The molecule has 19 heavy (non-hydrogen) atoms. The number of benzene rings is 1. The molecular formula is C16H25NO2. The van der Waals surface area contributed by atoms with E-state index in [0.717, 1.165) is 24.3 Å². The highest BCUT2D eigenvalue weighted by atomic mass is 16.5. The fraction of sp³-hybridized carbons (Fsp3) is 0.625. The van der Waals surface area contributed by atoms with Gasteiger partial charge in [0.2, 0.25) is 0 Å². The lowest BCUT2D eigenvalue weighted by Gasteiger charge is -2.27. The summed E-state index contributed by atoms with van der Waals surface area (Å²) in [4.78, 5) is 0.